The van der Waals surface area contributed by atoms with Crippen molar-refractivity contribution in [2.75, 3.05) is 4.90 Å². The third-order valence-electron chi connectivity index (χ3n) is 11.4. The molecule has 0 radical (unpaired) electrons. The first-order valence-corrected chi connectivity index (χ1v) is 18.4. The summed E-state index contributed by atoms with van der Waals surface area (Å²) in [7, 11) is 0. The lowest BCUT2D eigenvalue weighted by atomic mass is 9.67. The SMILES string of the molecule is C1=CCCC(N(C2=CCCC=C2)c2ccc3c(c2)C(c2ccccc2)(c2ccccc2)c2cc(-c4cc5c6c(cccc6c4)CC=C5)ccc2-3)=C1. The van der Waals surface area contributed by atoms with Gasteiger partial charge in [-0.05, 0) is 141 Å². The lowest BCUT2D eigenvalue weighted by Crippen LogP contribution is -2.29. The van der Waals surface area contributed by atoms with Gasteiger partial charge in [-0.3, -0.25) is 0 Å². The second kappa shape index (κ2) is 12.1. The molecule has 0 fully saturated rings. The lowest BCUT2D eigenvalue weighted by Gasteiger charge is -2.36. The molecular formula is C50H39N. The van der Waals surface area contributed by atoms with Crippen molar-refractivity contribution in [1.82, 2.24) is 0 Å². The van der Waals surface area contributed by atoms with Gasteiger partial charge in [-0.2, -0.15) is 0 Å². The highest BCUT2D eigenvalue weighted by Gasteiger charge is 2.46. The fourth-order valence-electron chi connectivity index (χ4n) is 9.14. The van der Waals surface area contributed by atoms with Gasteiger partial charge in [-0.1, -0.05) is 134 Å². The minimum atomic E-state index is -0.499. The molecule has 0 bridgehead atoms. The van der Waals surface area contributed by atoms with E-state index in [1.165, 1.54) is 83.5 Å². The first-order valence-electron chi connectivity index (χ1n) is 18.4. The van der Waals surface area contributed by atoms with Crippen LogP contribution in [0.1, 0.15) is 59.1 Å². The molecule has 0 aromatic heterocycles. The Kier molecular flexibility index (Phi) is 7.13. The fourth-order valence-corrected chi connectivity index (χ4v) is 9.14. The van der Waals surface area contributed by atoms with Crippen LogP contribution >= 0.6 is 0 Å². The summed E-state index contributed by atoms with van der Waals surface area (Å²) in [5.74, 6) is 0. The quantitative estimate of drug-likeness (QED) is 0.173. The van der Waals surface area contributed by atoms with Crippen LogP contribution in [0.2, 0.25) is 0 Å². The number of hydrogen-bond donors (Lipinski definition) is 0. The van der Waals surface area contributed by atoms with E-state index in [1.807, 2.05) is 0 Å². The van der Waals surface area contributed by atoms with Crippen molar-refractivity contribution >= 4 is 22.5 Å². The predicted octanol–water partition coefficient (Wildman–Crippen LogP) is 12.7. The number of fused-ring (bicyclic) bond motifs is 3. The average Bonchev–Trinajstić information content (AvgIpc) is 3.49. The monoisotopic (exact) mass is 653 g/mol. The van der Waals surface area contributed by atoms with Gasteiger partial charge in [0.25, 0.3) is 0 Å². The molecule has 0 saturated carbocycles. The zero-order chi connectivity index (χ0) is 33.8. The van der Waals surface area contributed by atoms with Crippen LogP contribution in [-0.2, 0) is 11.8 Å². The molecular weight excluding hydrogens is 615 g/mol. The van der Waals surface area contributed by atoms with Crippen molar-refractivity contribution in [3.8, 4) is 22.3 Å². The molecule has 244 valence electrons. The van der Waals surface area contributed by atoms with E-state index in [1.54, 1.807) is 0 Å². The van der Waals surface area contributed by atoms with Crippen molar-refractivity contribution in [2.45, 2.75) is 37.5 Å². The smallest absolute Gasteiger partial charge is 0.0714 e. The Morgan fingerprint density at radius 1 is 0.569 bits per heavy atom. The number of benzene rings is 6. The largest absolute Gasteiger partial charge is 0.315 e. The van der Waals surface area contributed by atoms with E-state index < -0.39 is 5.41 Å². The molecule has 0 heterocycles. The van der Waals surface area contributed by atoms with Gasteiger partial charge in [0.05, 0.1) is 5.41 Å². The van der Waals surface area contributed by atoms with Crippen molar-refractivity contribution in [3.05, 3.63) is 215 Å². The summed E-state index contributed by atoms with van der Waals surface area (Å²) in [5.41, 5.74) is 16.4. The minimum Gasteiger partial charge on any atom is -0.315 e. The minimum absolute atomic E-state index is 0.499. The second-order valence-corrected chi connectivity index (χ2v) is 14.2. The first-order chi connectivity index (χ1) is 25.3. The summed E-state index contributed by atoms with van der Waals surface area (Å²) < 4.78 is 0. The van der Waals surface area contributed by atoms with E-state index in [0.29, 0.717) is 0 Å². The average molecular weight is 654 g/mol. The van der Waals surface area contributed by atoms with Crippen LogP contribution in [0.3, 0.4) is 0 Å². The molecule has 0 amide bonds. The van der Waals surface area contributed by atoms with Crippen LogP contribution in [0, 0.1) is 0 Å². The molecule has 0 atom stereocenters. The highest BCUT2D eigenvalue weighted by Crippen LogP contribution is 2.58. The van der Waals surface area contributed by atoms with Gasteiger partial charge in [0.1, 0.15) is 0 Å². The number of rotatable bonds is 6. The van der Waals surface area contributed by atoms with E-state index in [-0.39, 0.29) is 0 Å². The van der Waals surface area contributed by atoms with E-state index in [2.05, 4.69) is 181 Å². The summed E-state index contributed by atoms with van der Waals surface area (Å²) in [4.78, 5) is 2.51. The van der Waals surface area contributed by atoms with Gasteiger partial charge in [0, 0.05) is 17.1 Å². The number of allylic oxidation sites excluding steroid dienone is 8. The maximum Gasteiger partial charge on any atom is 0.0714 e. The summed E-state index contributed by atoms with van der Waals surface area (Å²) >= 11 is 0. The molecule has 0 aliphatic heterocycles. The molecule has 6 aromatic rings. The van der Waals surface area contributed by atoms with Crippen LogP contribution in [0.5, 0.6) is 0 Å². The maximum absolute atomic E-state index is 2.51. The van der Waals surface area contributed by atoms with Gasteiger partial charge in [0.2, 0.25) is 0 Å². The zero-order valence-electron chi connectivity index (χ0n) is 28.7. The van der Waals surface area contributed by atoms with Crippen molar-refractivity contribution < 1.29 is 0 Å². The van der Waals surface area contributed by atoms with Crippen molar-refractivity contribution in [1.29, 1.82) is 0 Å². The zero-order valence-corrected chi connectivity index (χ0v) is 28.7. The molecule has 10 rings (SSSR count). The highest BCUT2D eigenvalue weighted by molar-refractivity contribution is 5.99. The maximum atomic E-state index is 2.51. The molecule has 4 aliphatic rings. The molecule has 0 spiro atoms. The van der Waals surface area contributed by atoms with E-state index >= 15 is 0 Å². The Labute approximate surface area is 300 Å². The van der Waals surface area contributed by atoms with E-state index in [9.17, 15) is 0 Å². The Balaban J connectivity index is 1.23. The Bertz CT molecular complexity index is 2450. The van der Waals surface area contributed by atoms with Gasteiger partial charge >= 0.3 is 0 Å². The Morgan fingerprint density at radius 3 is 2.10 bits per heavy atom. The predicted molar refractivity (Wildman–Crippen MR) is 215 cm³/mol. The molecule has 1 nitrogen and oxygen atoms in total. The second-order valence-electron chi connectivity index (χ2n) is 14.2. The topological polar surface area (TPSA) is 3.24 Å². The van der Waals surface area contributed by atoms with Gasteiger partial charge in [0.15, 0.2) is 0 Å². The molecule has 0 unspecified atom stereocenters. The standard InChI is InChI=1S/C50H39N/c1-5-19-40(20-6-1)50(41-21-7-2-8-22-41)47-33-36(39-31-37-17-13-15-35-16-14-18-38(32-39)49(35)37)27-29-45(47)46-30-28-44(34-48(46)50)51(42-23-9-3-10-24-42)43-25-11-4-12-26-43/h1-3,5-9,11,13-15,17-23,25-34H,4,10,12,16,24H2. The summed E-state index contributed by atoms with van der Waals surface area (Å²) in [6.45, 7) is 0. The number of anilines is 1. The lowest BCUT2D eigenvalue weighted by molar-refractivity contribution is 0.768. The van der Waals surface area contributed by atoms with Gasteiger partial charge in [-0.25, -0.2) is 0 Å². The van der Waals surface area contributed by atoms with E-state index in [0.717, 1.165) is 32.1 Å². The number of hydrogen-bond acceptors (Lipinski definition) is 1. The van der Waals surface area contributed by atoms with Crippen molar-refractivity contribution in [3.63, 3.8) is 0 Å². The van der Waals surface area contributed by atoms with Crippen LogP contribution in [-0.4, -0.2) is 0 Å². The molecule has 6 aromatic carbocycles. The van der Waals surface area contributed by atoms with Gasteiger partial charge in [-0.15, -0.1) is 0 Å². The fraction of sp³-hybridized carbons (Fsp3) is 0.120. The van der Waals surface area contributed by atoms with Crippen LogP contribution < -0.4 is 4.90 Å². The normalized spacial score (nSPS) is 16.4. The Morgan fingerprint density at radius 2 is 1.35 bits per heavy atom. The molecule has 0 saturated heterocycles. The first kappa shape index (κ1) is 29.9. The molecule has 0 N–H and O–H groups in total. The molecule has 4 aliphatic carbocycles. The van der Waals surface area contributed by atoms with Crippen LogP contribution in [0.25, 0.3) is 39.1 Å². The summed E-state index contributed by atoms with van der Waals surface area (Å²) in [6, 6.07) is 48.4. The molecule has 51 heavy (non-hydrogen) atoms. The van der Waals surface area contributed by atoms with Crippen LogP contribution in [0.15, 0.2) is 181 Å². The highest BCUT2D eigenvalue weighted by atomic mass is 15.2. The summed E-state index contributed by atoms with van der Waals surface area (Å²) in [5, 5.41) is 2.71. The van der Waals surface area contributed by atoms with Gasteiger partial charge < -0.3 is 4.90 Å². The van der Waals surface area contributed by atoms with E-state index in [4.69, 9.17) is 0 Å². The third kappa shape index (κ3) is 4.76. The van der Waals surface area contributed by atoms with Crippen LogP contribution in [0.4, 0.5) is 5.69 Å². The summed E-state index contributed by atoms with van der Waals surface area (Å²) in [6.07, 6.45) is 23.7. The molecule has 1 heteroatoms. The Hall–Kier alpha value is -5.92. The van der Waals surface area contributed by atoms with Crippen molar-refractivity contribution in [2.24, 2.45) is 0 Å². The number of nitrogens with zero attached hydrogens (tertiary/aromatic N) is 1. The third-order valence-corrected chi connectivity index (χ3v) is 11.4.